The molecule has 0 unspecified atom stereocenters. The molecule has 3 heterocycles. The Morgan fingerprint density at radius 3 is 2.69 bits per heavy atom. The van der Waals surface area contributed by atoms with Crippen molar-refractivity contribution in [2.24, 2.45) is 5.73 Å². The van der Waals surface area contributed by atoms with E-state index in [-0.39, 0.29) is 18.3 Å². The molecule has 1 saturated heterocycles. The number of hydrogen-bond acceptors (Lipinski definition) is 7. The number of primary amides is 1. The van der Waals surface area contributed by atoms with Crippen molar-refractivity contribution in [2.75, 3.05) is 25.1 Å². The number of H-pyrrole nitrogens is 1. The van der Waals surface area contributed by atoms with Gasteiger partial charge in [-0.15, -0.1) is 0 Å². The van der Waals surface area contributed by atoms with E-state index in [0.29, 0.717) is 41.7 Å². The van der Waals surface area contributed by atoms with Gasteiger partial charge < -0.3 is 25.5 Å². The molecule has 150 valence electrons. The third-order valence-electron chi connectivity index (χ3n) is 4.22. The largest absolute Gasteiger partial charge is 0.368 e. The Labute approximate surface area is 165 Å². The molecule has 0 spiro atoms. The molecule has 0 bridgehead atoms. The van der Waals surface area contributed by atoms with Gasteiger partial charge in [0.2, 0.25) is 18.1 Å². The number of nitrogens with zero attached hydrogens (tertiary/aromatic N) is 3. The number of imidazole rings is 1. The highest BCUT2D eigenvalue weighted by atomic mass is 19.1. The molecule has 0 radical (unpaired) electrons. The van der Waals surface area contributed by atoms with Gasteiger partial charge in [-0.05, 0) is 36.8 Å². The van der Waals surface area contributed by atoms with E-state index in [9.17, 15) is 9.18 Å². The molecule has 0 atom stereocenters. The molecular weight excluding hydrogens is 379 g/mol. The van der Waals surface area contributed by atoms with Crippen LogP contribution in [0.15, 0.2) is 36.5 Å². The van der Waals surface area contributed by atoms with Crippen LogP contribution in [0, 0.1) is 5.82 Å². The standard InChI is InChI=1S/C19H19FN6O3/c20-12-4-2-11(3-5-12)15-16(26-17(25-15)18-28-8-1-9-29-18)13-6-7-22-19(24-13)23-10-14(21)27/h2-7,18H,1,8-10H2,(H2,21,27)(H,25,26)(H,22,23,24). The van der Waals surface area contributed by atoms with Crippen molar-refractivity contribution in [1.82, 2.24) is 19.9 Å². The summed E-state index contributed by atoms with van der Waals surface area (Å²) in [5.41, 5.74) is 7.54. The number of benzene rings is 1. The first kappa shape index (κ1) is 19.0. The number of hydrogen-bond donors (Lipinski definition) is 3. The van der Waals surface area contributed by atoms with Crippen molar-refractivity contribution in [1.29, 1.82) is 0 Å². The number of anilines is 1. The summed E-state index contributed by atoms with van der Waals surface area (Å²) < 4.78 is 24.7. The summed E-state index contributed by atoms with van der Waals surface area (Å²) >= 11 is 0. The van der Waals surface area contributed by atoms with Crippen molar-refractivity contribution >= 4 is 11.9 Å². The van der Waals surface area contributed by atoms with Gasteiger partial charge in [-0.25, -0.2) is 19.3 Å². The number of halogens is 1. The first-order chi connectivity index (χ1) is 14.1. The van der Waals surface area contributed by atoms with Crippen LogP contribution in [-0.2, 0) is 14.3 Å². The highest BCUT2D eigenvalue weighted by Crippen LogP contribution is 2.32. The molecule has 1 fully saturated rings. The zero-order valence-electron chi connectivity index (χ0n) is 15.4. The van der Waals surface area contributed by atoms with Crippen LogP contribution in [0.2, 0.25) is 0 Å². The fraction of sp³-hybridized carbons (Fsp3) is 0.263. The zero-order chi connectivity index (χ0) is 20.2. The lowest BCUT2D eigenvalue weighted by molar-refractivity contribution is -0.186. The summed E-state index contributed by atoms with van der Waals surface area (Å²) in [5, 5.41) is 2.76. The summed E-state index contributed by atoms with van der Waals surface area (Å²) in [6, 6.07) is 7.69. The van der Waals surface area contributed by atoms with Crippen LogP contribution in [0.4, 0.5) is 10.3 Å². The molecule has 0 saturated carbocycles. The molecule has 1 aliphatic heterocycles. The number of rotatable bonds is 6. The quantitative estimate of drug-likeness (QED) is 0.579. The molecule has 4 rings (SSSR count). The highest BCUT2D eigenvalue weighted by molar-refractivity contribution is 5.79. The lowest BCUT2D eigenvalue weighted by atomic mass is 10.1. The number of aromatic amines is 1. The summed E-state index contributed by atoms with van der Waals surface area (Å²) in [6.45, 7) is 1.05. The number of amides is 1. The van der Waals surface area contributed by atoms with Gasteiger partial charge in [0.05, 0.1) is 36.8 Å². The fourth-order valence-corrected chi connectivity index (χ4v) is 2.90. The predicted molar refractivity (Wildman–Crippen MR) is 102 cm³/mol. The first-order valence-electron chi connectivity index (χ1n) is 9.05. The van der Waals surface area contributed by atoms with Crippen molar-refractivity contribution in [3.8, 4) is 22.6 Å². The van der Waals surface area contributed by atoms with Gasteiger partial charge in [-0.2, -0.15) is 0 Å². The maximum Gasteiger partial charge on any atom is 0.236 e. The number of nitrogens with one attached hydrogen (secondary N) is 2. The van der Waals surface area contributed by atoms with E-state index in [1.165, 1.54) is 12.1 Å². The second-order valence-electron chi connectivity index (χ2n) is 6.36. The van der Waals surface area contributed by atoms with E-state index in [2.05, 4.69) is 25.3 Å². The van der Waals surface area contributed by atoms with Crippen LogP contribution in [0.5, 0.6) is 0 Å². The van der Waals surface area contributed by atoms with E-state index in [0.717, 1.165) is 6.42 Å². The summed E-state index contributed by atoms with van der Waals surface area (Å²) in [7, 11) is 0. The number of carbonyl (C=O) groups excluding carboxylic acids is 1. The van der Waals surface area contributed by atoms with E-state index in [4.69, 9.17) is 15.2 Å². The van der Waals surface area contributed by atoms with Crippen molar-refractivity contribution in [3.05, 3.63) is 48.2 Å². The lowest BCUT2D eigenvalue weighted by Gasteiger charge is -2.21. The predicted octanol–water partition coefficient (Wildman–Crippen LogP) is 2.01. The van der Waals surface area contributed by atoms with Crippen LogP contribution in [0.25, 0.3) is 22.6 Å². The number of carbonyl (C=O) groups is 1. The minimum atomic E-state index is -0.619. The average molecular weight is 398 g/mol. The van der Waals surface area contributed by atoms with Gasteiger partial charge in [-0.3, -0.25) is 4.79 Å². The Morgan fingerprint density at radius 2 is 1.97 bits per heavy atom. The molecule has 4 N–H and O–H groups in total. The SMILES string of the molecule is NC(=O)CNc1nccc(-c2[nH]c(C3OCCCO3)nc2-c2ccc(F)cc2)n1. The van der Waals surface area contributed by atoms with Crippen LogP contribution in [-0.4, -0.2) is 45.6 Å². The van der Waals surface area contributed by atoms with Gasteiger partial charge >= 0.3 is 0 Å². The normalized spacial score (nSPS) is 14.7. The summed E-state index contributed by atoms with van der Waals surface area (Å²) in [4.78, 5) is 27.3. The third-order valence-corrected chi connectivity index (χ3v) is 4.22. The Hall–Kier alpha value is -3.37. The number of nitrogens with two attached hydrogens (primary N) is 1. The third kappa shape index (κ3) is 4.39. The lowest BCUT2D eigenvalue weighted by Crippen LogP contribution is -2.22. The van der Waals surface area contributed by atoms with Crippen LogP contribution >= 0.6 is 0 Å². The van der Waals surface area contributed by atoms with Crippen molar-refractivity contribution in [2.45, 2.75) is 12.7 Å². The summed E-state index contributed by atoms with van der Waals surface area (Å²) in [6.07, 6.45) is 1.75. The van der Waals surface area contributed by atoms with Gasteiger partial charge in [0, 0.05) is 11.8 Å². The Bertz CT molecular complexity index is 1000. The number of aromatic nitrogens is 4. The minimum Gasteiger partial charge on any atom is -0.368 e. The van der Waals surface area contributed by atoms with E-state index in [1.807, 2.05) is 0 Å². The Morgan fingerprint density at radius 1 is 1.21 bits per heavy atom. The molecule has 1 amide bonds. The monoisotopic (exact) mass is 398 g/mol. The zero-order valence-corrected chi connectivity index (χ0v) is 15.4. The topological polar surface area (TPSA) is 128 Å². The van der Waals surface area contributed by atoms with E-state index < -0.39 is 12.2 Å². The van der Waals surface area contributed by atoms with Gasteiger partial charge in [0.1, 0.15) is 5.82 Å². The summed E-state index contributed by atoms with van der Waals surface area (Å²) in [5.74, 6) is -0.136. The molecule has 1 aromatic carbocycles. The Balaban J connectivity index is 1.74. The van der Waals surface area contributed by atoms with Crippen LogP contribution in [0.3, 0.4) is 0 Å². The highest BCUT2D eigenvalue weighted by Gasteiger charge is 2.24. The van der Waals surface area contributed by atoms with E-state index in [1.54, 1.807) is 24.4 Å². The molecule has 9 nitrogen and oxygen atoms in total. The molecular formula is C19H19FN6O3. The van der Waals surface area contributed by atoms with Gasteiger partial charge in [-0.1, -0.05) is 0 Å². The minimum absolute atomic E-state index is 0.0910. The molecule has 3 aromatic rings. The molecule has 0 aliphatic carbocycles. The van der Waals surface area contributed by atoms with E-state index >= 15 is 0 Å². The maximum atomic E-state index is 13.4. The first-order valence-corrected chi connectivity index (χ1v) is 9.05. The molecule has 1 aliphatic rings. The van der Waals surface area contributed by atoms with Gasteiger partial charge in [0.25, 0.3) is 0 Å². The van der Waals surface area contributed by atoms with Crippen LogP contribution < -0.4 is 11.1 Å². The smallest absolute Gasteiger partial charge is 0.236 e. The Kier molecular flexibility index (Phi) is 5.45. The molecule has 29 heavy (non-hydrogen) atoms. The van der Waals surface area contributed by atoms with Gasteiger partial charge in [0.15, 0.2) is 5.82 Å². The van der Waals surface area contributed by atoms with Crippen molar-refractivity contribution < 1.29 is 18.7 Å². The second kappa shape index (κ2) is 8.33. The second-order valence-corrected chi connectivity index (χ2v) is 6.36. The van der Waals surface area contributed by atoms with Crippen LogP contribution in [0.1, 0.15) is 18.5 Å². The fourth-order valence-electron chi connectivity index (χ4n) is 2.90. The van der Waals surface area contributed by atoms with Crippen molar-refractivity contribution in [3.63, 3.8) is 0 Å². The average Bonchev–Trinajstić information content (AvgIpc) is 3.19. The maximum absolute atomic E-state index is 13.4. The molecule has 2 aromatic heterocycles. The molecule has 10 heteroatoms. The number of ether oxygens (including phenoxy) is 2.